The molecule has 9 nitrogen and oxygen atoms in total. The molecule has 0 atom stereocenters. The molecule has 2 heterocycles. The zero-order valence-corrected chi connectivity index (χ0v) is 11.0. The van der Waals surface area contributed by atoms with Crippen LogP contribution in [0.15, 0.2) is 9.59 Å². The molecular weight excluding hydrogens is 252 g/mol. The highest BCUT2D eigenvalue weighted by molar-refractivity contribution is 5.74. The molecule has 0 amide bonds. The average Bonchev–Trinajstić information content (AvgIpc) is 2.73. The molecule has 19 heavy (non-hydrogen) atoms. The van der Waals surface area contributed by atoms with Crippen LogP contribution in [0.25, 0.3) is 11.2 Å². The number of nitrogens with zero attached hydrogens (tertiary/aromatic N) is 4. The Morgan fingerprint density at radius 3 is 2.58 bits per heavy atom. The molecule has 0 aliphatic heterocycles. The summed E-state index contributed by atoms with van der Waals surface area (Å²) in [5.41, 5.74) is 2.15. The lowest BCUT2D eigenvalue weighted by molar-refractivity contribution is 0.186. The van der Waals surface area contributed by atoms with Crippen molar-refractivity contribution in [2.75, 3.05) is 19.1 Å². The molecule has 0 radical (unpaired) electrons. The number of hydrazine groups is 1. The third-order valence-electron chi connectivity index (χ3n) is 3.01. The number of fused-ring (bicyclic) bond motifs is 1. The van der Waals surface area contributed by atoms with E-state index in [1.807, 2.05) is 0 Å². The molecule has 0 saturated carbocycles. The summed E-state index contributed by atoms with van der Waals surface area (Å²) in [4.78, 5) is 28.4. The Hall–Kier alpha value is -2.13. The Kier molecular flexibility index (Phi) is 3.40. The number of nitrogen functional groups attached to an aromatic ring is 1. The SMILES string of the molecule is COCCn1c(=O)n(C)c(=O)c2c1nc(NN)n2C. The number of ether oxygens (including phenoxy) is 1. The fourth-order valence-electron chi connectivity index (χ4n) is 1.94. The largest absolute Gasteiger partial charge is 0.383 e. The van der Waals surface area contributed by atoms with Gasteiger partial charge in [-0.3, -0.25) is 19.4 Å². The van der Waals surface area contributed by atoms with Crippen LogP contribution in [-0.4, -0.2) is 32.4 Å². The molecule has 104 valence electrons. The van der Waals surface area contributed by atoms with E-state index in [1.54, 1.807) is 7.05 Å². The third-order valence-corrected chi connectivity index (χ3v) is 3.01. The number of rotatable bonds is 4. The van der Waals surface area contributed by atoms with Gasteiger partial charge in [-0.05, 0) is 0 Å². The predicted molar refractivity (Wildman–Crippen MR) is 69.9 cm³/mol. The van der Waals surface area contributed by atoms with E-state index in [4.69, 9.17) is 10.6 Å². The van der Waals surface area contributed by atoms with Crippen LogP contribution < -0.4 is 22.5 Å². The zero-order valence-electron chi connectivity index (χ0n) is 11.0. The molecule has 9 heteroatoms. The lowest BCUT2D eigenvalue weighted by Gasteiger charge is -2.08. The molecule has 3 N–H and O–H groups in total. The molecule has 2 aromatic rings. The highest BCUT2D eigenvalue weighted by atomic mass is 16.5. The van der Waals surface area contributed by atoms with Crippen LogP contribution in [0.2, 0.25) is 0 Å². The Morgan fingerprint density at radius 1 is 1.32 bits per heavy atom. The van der Waals surface area contributed by atoms with Crippen molar-refractivity contribution in [3.63, 3.8) is 0 Å². The van der Waals surface area contributed by atoms with E-state index in [1.165, 1.54) is 23.3 Å². The van der Waals surface area contributed by atoms with Crippen molar-refractivity contribution in [3.05, 3.63) is 20.8 Å². The van der Waals surface area contributed by atoms with E-state index in [-0.39, 0.29) is 0 Å². The fourth-order valence-corrected chi connectivity index (χ4v) is 1.94. The van der Waals surface area contributed by atoms with Crippen molar-refractivity contribution < 1.29 is 4.74 Å². The minimum Gasteiger partial charge on any atom is -0.383 e. The van der Waals surface area contributed by atoms with Crippen LogP contribution in [0.3, 0.4) is 0 Å². The fraction of sp³-hybridized carbons (Fsp3) is 0.500. The molecule has 0 aliphatic carbocycles. The Bertz CT molecular complexity index is 725. The molecule has 0 aromatic carbocycles. The maximum atomic E-state index is 12.1. The average molecular weight is 268 g/mol. The van der Waals surface area contributed by atoms with Gasteiger partial charge in [0.2, 0.25) is 5.95 Å². The summed E-state index contributed by atoms with van der Waals surface area (Å²) in [6, 6.07) is 0. The molecule has 0 spiro atoms. The number of imidazole rings is 1. The van der Waals surface area contributed by atoms with Crippen LogP contribution in [0.5, 0.6) is 0 Å². The summed E-state index contributed by atoms with van der Waals surface area (Å²) in [5, 5.41) is 0. The van der Waals surface area contributed by atoms with E-state index < -0.39 is 11.2 Å². The summed E-state index contributed by atoms with van der Waals surface area (Å²) in [6.45, 7) is 0.649. The maximum Gasteiger partial charge on any atom is 0.332 e. The third kappa shape index (κ3) is 1.92. The van der Waals surface area contributed by atoms with Crippen molar-refractivity contribution in [1.82, 2.24) is 18.7 Å². The van der Waals surface area contributed by atoms with Gasteiger partial charge in [0.15, 0.2) is 11.2 Å². The first-order valence-electron chi connectivity index (χ1n) is 5.64. The van der Waals surface area contributed by atoms with Crippen LogP contribution in [0.4, 0.5) is 5.95 Å². The first-order valence-corrected chi connectivity index (χ1v) is 5.64. The van der Waals surface area contributed by atoms with Crippen molar-refractivity contribution in [1.29, 1.82) is 0 Å². The Balaban J connectivity index is 2.87. The van der Waals surface area contributed by atoms with E-state index in [0.717, 1.165) is 4.57 Å². The number of hydrogen-bond acceptors (Lipinski definition) is 6. The van der Waals surface area contributed by atoms with Gasteiger partial charge in [-0.25, -0.2) is 10.6 Å². The molecular formula is C10H16N6O3. The number of aromatic nitrogens is 4. The van der Waals surface area contributed by atoms with Gasteiger partial charge in [0.05, 0.1) is 13.2 Å². The van der Waals surface area contributed by atoms with Crippen molar-refractivity contribution in [2.24, 2.45) is 19.9 Å². The van der Waals surface area contributed by atoms with Gasteiger partial charge in [-0.2, -0.15) is 4.98 Å². The number of nitrogens with one attached hydrogen (secondary N) is 1. The molecule has 0 saturated heterocycles. The van der Waals surface area contributed by atoms with Crippen molar-refractivity contribution in [3.8, 4) is 0 Å². The highest BCUT2D eigenvalue weighted by Crippen LogP contribution is 2.12. The van der Waals surface area contributed by atoms with Crippen LogP contribution >= 0.6 is 0 Å². The van der Waals surface area contributed by atoms with Gasteiger partial charge >= 0.3 is 5.69 Å². The second-order valence-electron chi connectivity index (χ2n) is 4.10. The van der Waals surface area contributed by atoms with E-state index in [0.29, 0.717) is 30.3 Å². The summed E-state index contributed by atoms with van der Waals surface area (Å²) in [5.74, 6) is 5.65. The minimum atomic E-state index is -0.434. The lowest BCUT2D eigenvalue weighted by Crippen LogP contribution is -2.39. The van der Waals surface area contributed by atoms with Crippen LogP contribution in [0.1, 0.15) is 0 Å². The minimum absolute atomic E-state index is 0.292. The first-order chi connectivity index (χ1) is 9.02. The Morgan fingerprint density at radius 2 is 2.00 bits per heavy atom. The molecule has 2 rings (SSSR count). The van der Waals surface area contributed by atoms with Gasteiger partial charge in [0.25, 0.3) is 5.56 Å². The maximum absolute atomic E-state index is 12.1. The second-order valence-corrected chi connectivity index (χ2v) is 4.10. The van der Waals surface area contributed by atoms with E-state index >= 15 is 0 Å². The van der Waals surface area contributed by atoms with Gasteiger partial charge < -0.3 is 9.30 Å². The summed E-state index contributed by atoms with van der Waals surface area (Å²) in [6.07, 6.45) is 0. The second kappa shape index (κ2) is 4.86. The smallest absolute Gasteiger partial charge is 0.332 e. The number of aryl methyl sites for hydroxylation is 1. The Labute approximate surface area is 108 Å². The molecule has 0 unspecified atom stereocenters. The highest BCUT2D eigenvalue weighted by Gasteiger charge is 2.17. The van der Waals surface area contributed by atoms with Crippen LogP contribution in [0, 0.1) is 0 Å². The summed E-state index contributed by atoms with van der Waals surface area (Å²) in [7, 11) is 4.61. The lowest BCUT2D eigenvalue weighted by atomic mass is 10.5. The van der Waals surface area contributed by atoms with E-state index in [2.05, 4.69) is 10.4 Å². The number of hydrogen-bond donors (Lipinski definition) is 2. The predicted octanol–water partition coefficient (Wildman–Crippen LogP) is -1.63. The van der Waals surface area contributed by atoms with Gasteiger partial charge in [0.1, 0.15) is 0 Å². The van der Waals surface area contributed by atoms with Crippen molar-refractivity contribution >= 4 is 17.1 Å². The van der Waals surface area contributed by atoms with Crippen LogP contribution in [-0.2, 0) is 25.4 Å². The van der Waals surface area contributed by atoms with Gasteiger partial charge in [-0.15, -0.1) is 0 Å². The zero-order chi connectivity index (χ0) is 14.2. The number of anilines is 1. The molecule has 2 aromatic heterocycles. The van der Waals surface area contributed by atoms with E-state index in [9.17, 15) is 9.59 Å². The quantitative estimate of drug-likeness (QED) is 0.509. The number of methoxy groups -OCH3 is 1. The first kappa shape index (κ1) is 13.3. The number of nitrogens with two attached hydrogens (primary N) is 1. The monoisotopic (exact) mass is 268 g/mol. The summed E-state index contributed by atoms with van der Waals surface area (Å²) >= 11 is 0. The molecule has 0 aliphatic rings. The standard InChI is InChI=1S/C10H16N6O3/c1-14-6-7(12-9(14)13-11)16(4-5-19-3)10(18)15(2)8(6)17/h4-5,11H2,1-3H3,(H,12,13). The topological polar surface area (TPSA) is 109 Å². The van der Waals surface area contributed by atoms with Crippen molar-refractivity contribution in [2.45, 2.75) is 6.54 Å². The molecule has 0 bridgehead atoms. The van der Waals surface area contributed by atoms with Gasteiger partial charge in [-0.1, -0.05) is 0 Å². The molecule has 0 fully saturated rings. The normalized spacial score (nSPS) is 11.2. The summed E-state index contributed by atoms with van der Waals surface area (Å²) < 4.78 is 8.91. The van der Waals surface area contributed by atoms with Gasteiger partial charge in [0, 0.05) is 21.2 Å².